The van der Waals surface area contributed by atoms with Crippen LogP contribution in [0.15, 0.2) is 33.7 Å². The lowest BCUT2D eigenvalue weighted by atomic mass is 10.1. The minimum absolute atomic E-state index is 0.0468. The lowest BCUT2D eigenvalue weighted by molar-refractivity contribution is 0.595. The van der Waals surface area contributed by atoms with E-state index in [1.807, 2.05) is 41.6 Å². The fourth-order valence-corrected chi connectivity index (χ4v) is 1.70. The van der Waals surface area contributed by atoms with Crippen LogP contribution < -0.4 is 5.43 Å². The zero-order chi connectivity index (χ0) is 9.42. The van der Waals surface area contributed by atoms with Gasteiger partial charge >= 0.3 is 0 Å². The molecule has 0 fully saturated rings. The van der Waals surface area contributed by atoms with E-state index in [0.29, 0.717) is 14.5 Å². The van der Waals surface area contributed by atoms with Crippen LogP contribution in [0.1, 0.15) is 5.56 Å². The Labute approximate surface area is 88.7 Å². The molecule has 0 aliphatic heterocycles. The molecule has 2 aromatic rings. The van der Waals surface area contributed by atoms with Gasteiger partial charge in [-0.3, -0.25) is 4.79 Å². The second kappa shape index (κ2) is 3.14. The Balaban J connectivity index is 3.03. The van der Waals surface area contributed by atoms with E-state index in [0.717, 1.165) is 5.56 Å². The second-order valence-electron chi connectivity index (χ2n) is 2.86. The zero-order valence-electron chi connectivity index (χ0n) is 7.00. The van der Waals surface area contributed by atoms with Gasteiger partial charge in [-0.15, -0.1) is 0 Å². The van der Waals surface area contributed by atoms with Crippen molar-refractivity contribution in [1.82, 2.24) is 0 Å². The molecule has 0 bridgehead atoms. The molecule has 66 valence electrons. The predicted octanol–water partition coefficient (Wildman–Crippen LogP) is 2.71. The highest BCUT2D eigenvalue weighted by Crippen LogP contribution is 2.15. The SMILES string of the molecule is Cc1cccc2c(=O)c(I)coc12. The second-order valence-corrected chi connectivity index (χ2v) is 4.03. The average molecular weight is 286 g/mol. The predicted molar refractivity (Wildman–Crippen MR) is 59.9 cm³/mol. The molecule has 0 saturated heterocycles. The summed E-state index contributed by atoms with van der Waals surface area (Å²) in [5, 5.41) is 0.659. The third-order valence-corrected chi connectivity index (χ3v) is 2.70. The zero-order valence-corrected chi connectivity index (χ0v) is 9.16. The standard InChI is InChI=1S/C10H7IO2/c1-6-3-2-4-7-9(12)8(11)5-13-10(6)7/h2-5H,1H3. The summed E-state index contributed by atoms with van der Waals surface area (Å²) in [6, 6.07) is 5.58. The summed E-state index contributed by atoms with van der Waals surface area (Å²) < 4.78 is 5.97. The molecule has 0 unspecified atom stereocenters. The number of aryl methyl sites for hydroxylation is 1. The minimum atomic E-state index is 0.0468. The number of rotatable bonds is 0. The summed E-state index contributed by atoms with van der Waals surface area (Å²) >= 11 is 1.98. The number of benzene rings is 1. The van der Waals surface area contributed by atoms with Crippen molar-refractivity contribution in [2.24, 2.45) is 0 Å². The van der Waals surface area contributed by atoms with Gasteiger partial charge in [-0.25, -0.2) is 0 Å². The van der Waals surface area contributed by atoms with Gasteiger partial charge in [-0.05, 0) is 41.1 Å². The van der Waals surface area contributed by atoms with Gasteiger partial charge in [0.25, 0.3) is 0 Å². The van der Waals surface area contributed by atoms with Crippen molar-refractivity contribution in [2.45, 2.75) is 6.92 Å². The van der Waals surface area contributed by atoms with E-state index in [9.17, 15) is 4.79 Å². The molecule has 0 aliphatic carbocycles. The van der Waals surface area contributed by atoms with Crippen molar-refractivity contribution in [3.63, 3.8) is 0 Å². The third-order valence-electron chi connectivity index (χ3n) is 1.95. The van der Waals surface area contributed by atoms with Crippen LogP contribution in [0.5, 0.6) is 0 Å². The average Bonchev–Trinajstić information content (AvgIpc) is 2.12. The molecule has 13 heavy (non-hydrogen) atoms. The van der Waals surface area contributed by atoms with Crippen LogP contribution in [0.3, 0.4) is 0 Å². The molecule has 1 aromatic carbocycles. The van der Waals surface area contributed by atoms with E-state index >= 15 is 0 Å². The first-order valence-electron chi connectivity index (χ1n) is 3.87. The lowest BCUT2D eigenvalue weighted by Crippen LogP contribution is -2.04. The minimum Gasteiger partial charge on any atom is -0.463 e. The summed E-state index contributed by atoms with van der Waals surface area (Å²) in [7, 11) is 0. The highest BCUT2D eigenvalue weighted by atomic mass is 127. The van der Waals surface area contributed by atoms with E-state index in [1.54, 1.807) is 6.07 Å². The first-order valence-corrected chi connectivity index (χ1v) is 4.94. The molecule has 0 spiro atoms. The van der Waals surface area contributed by atoms with Gasteiger partial charge < -0.3 is 4.42 Å². The van der Waals surface area contributed by atoms with Crippen molar-refractivity contribution in [3.05, 3.63) is 43.8 Å². The van der Waals surface area contributed by atoms with Gasteiger partial charge in [-0.1, -0.05) is 12.1 Å². The topological polar surface area (TPSA) is 30.2 Å². The van der Waals surface area contributed by atoms with Crippen molar-refractivity contribution in [1.29, 1.82) is 0 Å². The molecular formula is C10H7IO2. The monoisotopic (exact) mass is 286 g/mol. The van der Waals surface area contributed by atoms with Crippen molar-refractivity contribution in [3.8, 4) is 0 Å². The number of para-hydroxylation sites is 1. The van der Waals surface area contributed by atoms with E-state index in [2.05, 4.69) is 0 Å². The van der Waals surface area contributed by atoms with Crippen LogP contribution in [-0.4, -0.2) is 0 Å². The Morgan fingerprint density at radius 2 is 2.15 bits per heavy atom. The molecule has 2 rings (SSSR count). The molecular weight excluding hydrogens is 279 g/mol. The fourth-order valence-electron chi connectivity index (χ4n) is 1.28. The first kappa shape index (κ1) is 8.74. The van der Waals surface area contributed by atoms with E-state index in [-0.39, 0.29) is 5.43 Å². The molecule has 2 nitrogen and oxygen atoms in total. The van der Waals surface area contributed by atoms with E-state index in [1.165, 1.54) is 6.26 Å². The van der Waals surface area contributed by atoms with Crippen molar-refractivity contribution in [2.75, 3.05) is 0 Å². The van der Waals surface area contributed by atoms with Gasteiger partial charge in [0.05, 0.1) is 8.96 Å². The number of halogens is 1. The number of hydrogen-bond donors (Lipinski definition) is 0. The van der Waals surface area contributed by atoms with Crippen LogP contribution >= 0.6 is 22.6 Å². The van der Waals surface area contributed by atoms with Crippen molar-refractivity contribution >= 4 is 33.6 Å². The molecule has 3 heteroatoms. The highest BCUT2D eigenvalue weighted by molar-refractivity contribution is 14.1. The van der Waals surface area contributed by atoms with E-state index < -0.39 is 0 Å². The summed E-state index contributed by atoms with van der Waals surface area (Å²) in [6.07, 6.45) is 1.50. The van der Waals surface area contributed by atoms with Gasteiger partial charge in [0.15, 0.2) is 0 Å². The molecule has 0 saturated carbocycles. The highest BCUT2D eigenvalue weighted by Gasteiger charge is 2.05. The van der Waals surface area contributed by atoms with Crippen LogP contribution in [0, 0.1) is 10.5 Å². The third kappa shape index (κ3) is 1.37. The Kier molecular flexibility index (Phi) is 2.11. The fraction of sp³-hybridized carbons (Fsp3) is 0.100. The maximum Gasteiger partial charge on any atom is 0.206 e. The van der Waals surface area contributed by atoms with Gasteiger partial charge in [0, 0.05) is 0 Å². The number of hydrogen-bond acceptors (Lipinski definition) is 2. The van der Waals surface area contributed by atoms with Crippen LogP contribution in [0.2, 0.25) is 0 Å². The van der Waals surface area contributed by atoms with Gasteiger partial charge in [0.1, 0.15) is 11.8 Å². The van der Waals surface area contributed by atoms with Crippen molar-refractivity contribution < 1.29 is 4.42 Å². The Hall–Kier alpha value is -0.840. The van der Waals surface area contributed by atoms with Crippen LogP contribution in [0.4, 0.5) is 0 Å². The Morgan fingerprint density at radius 3 is 2.92 bits per heavy atom. The Bertz CT molecular complexity index is 514. The van der Waals surface area contributed by atoms with Crippen LogP contribution in [-0.2, 0) is 0 Å². The van der Waals surface area contributed by atoms with E-state index in [4.69, 9.17) is 4.42 Å². The smallest absolute Gasteiger partial charge is 0.206 e. The van der Waals surface area contributed by atoms with Gasteiger partial charge in [-0.2, -0.15) is 0 Å². The lowest BCUT2D eigenvalue weighted by Gasteiger charge is -1.99. The molecule has 0 radical (unpaired) electrons. The molecule has 1 heterocycles. The quantitative estimate of drug-likeness (QED) is 0.697. The molecule has 1 aromatic heterocycles. The summed E-state index contributed by atoms with van der Waals surface area (Å²) in [5.41, 5.74) is 1.73. The first-order chi connectivity index (χ1) is 6.20. The summed E-state index contributed by atoms with van der Waals surface area (Å²) in [4.78, 5) is 11.6. The Morgan fingerprint density at radius 1 is 1.38 bits per heavy atom. The molecule has 0 N–H and O–H groups in total. The van der Waals surface area contributed by atoms with Crippen LogP contribution in [0.25, 0.3) is 11.0 Å². The molecule has 0 amide bonds. The molecule has 0 aliphatic rings. The largest absolute Gasteiger partial charge is 0.463 e. The normalized spacial score (nSPS) is 10.6. The molecule has 0 atom stereocenters. The van der Waals surface area contributed by atoms with Gasteiger partial charge in [0.2, 0.25) is 5.43 Å². The summed E-state index contributed by atoms with van der Waals surface area (Å²) in [6.45, 7) is 1.93. The maximum absolute atomic E-state index is 11.6. The maximum atomic E-state index is 11.6. The summed E-state index contributed by atoms with van der Waals surface area (Å²) in [5.74, 6) is 0. The number of fused-ring (bicyclic) bond motifs is 1.